The lowest BCUT2D eigenvalue weighted by molar-refractivity contribution is -0.0271. The quantitative estimate of drug-likeness (QED) is 0.673. The molecule has 2 N–H and O–H groups in total. The summed E-state index contributed by atoms with van der Waals surface area (Å²) in [5.74, 6) is -2.20. The van der Waals surface area contributed by atoms with Crippen molar-refractivity contribution in [1.82, 2.24) is 15.3 Å². The standard InChI is InChI=1S/C20H18F3N5O2/c21-11-4-5-16-14(6-11)13-2-1-3-15(17(13)30-16)27-19(29)26-12-7-24-18(25-8-12)28-9-20(22,23)10-28/h4-8,15H,1-3,9-10H2,(H2,26,27,29). The third-order valence-electron chi connectivity index (χ3n) is 5.35. The van der Waals surface area contributed by atoms with E-state index in [1.807, 2.05) is 0 Å². The highest BCUT2D eigenvalue weighted by atomic mass is 19.3. The maximum Gasteiger partial charge on any atom is 0.319 e. The van der Waals surface area contributed by atoms with Gasteiger partial charge in [0.2, 0.25) is 5.95 Å². The third kappa shape index (κ3) is 3.42. The van der Waals surface area contributed by atoms with Gasteiger partial charge in [-0.25, -0.2) is 27.9 Å². The highest BCUT2D eigenvalue weighted by Crippen LogP contribution is 2.37. The van der Waals surface area contributed by atoms with Crippen molar-refractivity contribution in [3.63, 3.8) is 0 Å². The Hall–Kier alpha value is -3.30. The van der Waals surface area contributed by atoms with E-state index >= 15 is 0 Å². The number of aromatic nitrogens is 2. The zero-order chi connectivity index (χ0) is 20.9. The summed E-state index contributed by atoms with van der Waals surface area (Å²) in [4.78, 5) is 21.8. The molecule has 1 saturated heterocycles. The first-order valence-electron chi connectivity index (χ1n) is 9.61. The van der Waals surface area contributed by atoms with Crippen molar-refractivity contribution in [3.8, 4) is 0 Å². The molecule has 1 fully saturated rings. The number of urea groups is 1. The van der Waals surface area contributed by atoms with E-state index in [0.29, 0.717) is 23.5 Å². The monoisotopic (exact) mass is 417 g/mol. The lowest BCUT2D eigenvalue weighted by atomic mass is 9.92. The Morgan fingerprint density at radius 1 is 1.23 bits per heavy atom. The zero-order valence-corrected chi connectivity index (χ0v) is 15.8. The molecule has 30 heavy (non-hydrogen) atoms. The van der Waals surface area contributed by atoms with Crippen LogP contribution in [0, 0.1) is 5.82 Å². The Kier molecular flexibility index (Phi) is 4.30. The molecule has 3 heterocycles. The summed E-state index contributed by atoms with van der Waals surface area (Å²) in [7, 11) is 0. The Morgan fingerprint density at radius 3 is 2.73 bits per heavy atom. The average molecular weight is 417 g/mol. The minimum absolute atomic E-state index is 0.193. The van der Waals surface area contributed by atoms with E-state index in [4.69, 9.17) is 4.42 Å². The molecule has 2 aliphatic rings. The molecule has 1 atom stereocenters. The molecular formula is C20H18F3N5O2. The fraction of sp³-hybridized carbons (Fsp3) is 0.350. The number of halogens is 3. The van der Waals surface area contributed by atoms with Gasteiger partial charge in [0, 0.05) is 10.9 Å². The molecule has 0 bridgehead atoms. The van der Waals surface area contributed by atoms with Crippen LogP contribution in [0.1, 0.15) is 30.2 Å². The smallest absolute Gasteiger partial charge is 0.319 e. The van der Waals surface area contributed by atoms with Crippen molar-refractivity contribution in [3.05, 3.63) is 47.7 Å². The minimum atomic E-state index is -2.71. The molecule has 0 spiro atoms. The van der Waals surface area contributed by atoms with Gasteiger partial charge in [-0.3, -0.25) is 0 Å². The molecule has 1 aromatic carbocycles. The molecule has 5 rings (SSSR count). The van der Waals surface area contributed by atoms with Crippen molar-refractivity contribution in [2.75, 3.05) is 23.3 Å². The number of furan rings is 1. The summed E-state index contributed by atoms with van der Waals surface area (Å²) < 4.78 is 45.4. The van der Waals surface area contributed by atoms with E-state index in [0.717, 1.165) is 23.8 Å². The lowest BCUT2D eigenvalue weighted by Gasteiger charge is -2.38. The maximum absolute atomic E-state index is 13.6. The van der Waals surface area contributed by atoms with Gasteiger partial charge >= 0.3 is 6.03 Å². The normalized spacial score (nSPS) is 19.8. The van der Waals surface area contributed by atoms with Crippen LogP contribution in [0.25, 0.3) is 11.0 Å². The molecular weight excluding hydrogens is 399 g/mol. The van der Waals surface area contributed by atoms with E-state index in [9.17, 15) is 18.0 Å². The number of hydrogen-bond acceptors (Lipinski definition) is 5. The molecule has 7 nitrogen and oxygen atoms in total. The first-order chi connectivity index (χ1) is 14.4. The number of hydrogen-bond donors (Lipinski definition) is 2. The zero-order valence-electron chi connectivity index (χ0n) is 15.8. The molecule has 0 radical (unpaired) electrons. The van der Waals surface area contributed by atoms with Gasteiger partial charge in [0.25, 0.3) is 5.92 Å². The second-order valence-electron chi connectivity index (χ2n) is 7.61. The van der Waals surface area contributed by atoms with E-state index in [-0.39, 0.29) is 17.8 Å². The fourth-order valence-corrected chi connectivity index (χ4v) is 3.96. The van der Waals surface area contributed by atoms with Gasteiger partial charge in [-0.05, 0) is 37.5 Å². The Balaban J connectivity index is 1.26. The summed E-state index contributed by atoms with van der Waals surface area (Å²) in [5.41, 5.74) is 1.85. The van der Waals surface area contributed by atoms with Crippen molar-refractivity contribution in [2.45, 2.75) is 31.2 Å². The Bertz CT molecular complexity index is 1110. The summed E-state index contributed by atoms with van der Waals surface area (Å²) in [6.07, 6.45) is 5.03. The SMILES string of the molecule is O=C(Nc1cnc(N2CC(F)(F)C2)nc1)NC1CCCc2c1oc1ccc(F)cc21. The van der Waals surface area contributed by atoms with E-state index < -0.39 is 25.0 Å². The molecule has 1 aliphatic heterocycles. The molecule has 1 unspecified atom stereocenters. The first-order valence-corrected chi connectivity index (χ1v) is 9.61. The Labute approximate surface area is 169 Å². The van der Waals surface area contributed by atoms with Gasteiger partial charge in [0.1, 0.15) is 17.2 Å². The minimum Gasteiger partial charge on any atom is -0.459 e. The highest BCUT2D eigenvalue weighted by Gasteiger charge is 2.45. The van der Waals surface area contributed by atoms with Gasteiger partial charge in [-0.2, -0.15) is 0 Å². The van der Waals surface area contributed by atoms with Crippen LogP contribution in [0.4, 0.5) is 29.6 Å². The summed E-state index contributed by atoms with van der Waals surface area (Å²) >= 11 is 0. The largest absolute Gasteiger partial charge is 0.459 e. The molecule has 0 saturated carbocycles. The topological polar surface area (TPSA) is 83.3 Å². The Morgan fingerprint density at radius 2 is 2.00 bits per heavy atom. The molecule has 3 aromatic rings. The van der Waals surface area contributed by atoms with Crippen LogP contribution in [0.5, 0.6) is 0 Å². The molecule has 2 aromatic heterocycles. The number of alkyl halides is 2. The molecule has 156 valence electrons. The first kappa shape index (κ1) is 18.7. The van der Waals surface area contributed by atoms with Gasteiger partial charge in [-0.1, -0.05) is 0 Å². The van der Waals surface area contributed by atoms with E-state index in [2.05, 4.69) is 20.6 Å². The number of amides is 2. The molecule has 10 heteroatoms. The average Bonchev–Trinajstić information content (AvgIpc) is 3.06. The summed E-state index contributed by atoms with van der Waals surface area (Å²) in [6.45, 7) is -0.822. The lowest BCUT2D eigenvalue weighted by Crippen LogP contribution is -2.57. The van der Waals surface area contributed by atoms with Crippen LogP contribution in [0.3, 0.4) is 0 Å². The van der Waals surface area contributed by atoms with E-state index in [1.54, 1.807) is 6.07 Å². The van der Waals surface area contributed by atoms with Crippen molar-refractivity contribution in [2.24, 2.45) is 0 Å². The van der Waals surface area contributed by atoms with Crippen LogP contribution in [-0.2, 0) is 6.42 Å². The predicted octanol–water partition coefficient (Wildman–Crippen LogP) is 4.02. The van der Waals surface area contributed by atoms with Crippen LogP contribution in [0.2, 0.25) is 0 Å². The number of anilines is 2. The van der Waals surface area contributed by atoms with Gasteiger partial charge in [0.05, 0.1) is 37.2 Å². The number of carbonyl (C=O) groups excluding carboxylic acids is 1. The predicted molar refractivity (Wildman–Crippen MR) is 103 cm³/mol. The number of benzene rings is 1. The van der Waals surface area contributed by atoms with Crippen LogP contribution >= 0.6 is 0 Å². The summed E-state index contributed by atoms with van der Waals surface area (Å²) in [5, 5.41) is 6.24. The fourth-order valence-electron chi connectivity index (χ4n) is 3.96. The maximum atomic E-state index is 13.6. The summed E-state index contributed by atoms with van der Waals surface area (Å²) in [6, 6.07) is 3.58. The second-order valence-corrected chi connectivity index (χ2v) is 7.61. The molecule has 2 amide bonds. The van der Waals surface area contributed by atoms with Crippen molar-refractivity contribution in [1.29, 1.82) is 0 Å². The highest BCUT2D eigenvalue weighted by molar-refractivity contribution is 5.89. The number of carbonyl (C=O) groups is 1. The van der Waals surface area contributed by atoms with Gasteiger partial charge in [0.15, 0.2) is 0 Å². The molecule has 1 aliphatic carbocycles. The van der Waals surface area contributed by atoms with Crippen LogP contribution < -0.4 is 15.5 Å². The van der Waals surface area contributed by atoms with Crippen LogP contribution in [0.15, 0.2) is 35.0 Å². The van der Waals surface area contributed by atoms with Crippen molar-refractivity contribution < 1.29 is 22.4 Å². The third-order valence-corrected chi connectivity index (χ3v) is 5.35. The number of nitrogens with zero attached hydrogens (tertiary/aromatic N) is 3. The second kappa shape index (κ2) is 6.89. The number of fused-ring (bicyclic) bond motifs is 3. The number of rotatable bonds is 3. The number of aryl methyl sites for hydroxylation is 1. The number of nitrogens with one attached hydrogen (secondary N) is 2. The van der Waals surface area contributed by atoms with Crippen molar-refractivity contribution >= 4 is 28.6 Å². The van der Waals surface area contributed by atoms with Gasteiger partial charge in [-0.15, -0.1) is 0 Å². The van der Waals surface area contributed by atoms with Crippen LogP contribution in [-0.4, -0.2) is 35.0 Å². The van der Waals surface area contributed by atoms with E-state index in [1.165, 1.54) is 29.4 Å². The van der Waals surface area contributed by atoms with Gasteiger partial charge < -0.3 is 20.0 Å².